The van der Waals surface area contributed by atoms with Crippen molar-refractivity contribution < 1.29 is 9.84 Å². The highest BCUT2D eigenvalue weighted by Crippen LogP contribution is 2.19. The summed E-state index contributed by atoms with van der Waals surface area (Å²) < 4.78 is 5.66. The first-order valence-corrected chi connectivity index (χ1v) is 7.91. The van der Waals surface area contributed by atoms with E-state index in [4.69, 9.17) is 4.74 Å². The van der Waals surface area contributed by atoms with Gasteiger partial charge in [-0.05, 0) is 49.8 Å². The third-order valence-corrected chi connectivity index (χ3v) is 3.93. The lowest BCUT2D eigenvalue weighted by Gasteiger charge is -2.26. The molecule has 1 aliphatic carbocycles. The molecule has 2 N–H and O–H groups in total. The van der Waals surface area contributed by atoms with Crippen LogP contribution in [0, 0.1) is 0 Å². The summed E-state index contributed by atoms with van der Waals surface area (Å²) in [6.45, 7) is 3.83. The molecule has 1 fully saturated rings. The summed E-state index contributed by atoms with van der Waals surface area (Å²) in [5.74, 6) is 0.954. The predicted octanol–water partition coefficient (Wildman–Crippen LogP) is 3.26. The van der Waals surface area contributed by atoms with Gasteiger partial charge in [0.1, 0.15) is 5.75 Å². The molecule has 2 rings (SSSR count). The standard InChI is InChI=1S/C17H27NO2/c1-2-3-11-20-17-9-7-14(8-10-17)13-18-15-5-4-6-16(19)12-15/h7-10,15-16,18-19H,2-6,11-13H2,1H3. The van der Waals surface area contributed by atoms with E-state index >= 15 is 0 Å². The van der Waals surface area contributed by atoms with Crippen LogP contribution < -0.4 is 10.1 Å². The first-order valence-electron chi connectivity index (χ1n) is 7.91. The van der Waals surface area contributed by atoms with E-state index in [0.29, 0.717) is 6.04 Å². The Bertz CT molecular complexity index is 377. The normalized spacial score (nSPS) is 22.7. The molecule has 1 aromatic carbocycles. The summed E-state index contributed by atoms with van der Waals surface area (Å²) in [4.78, 5) is 0. The van der Waals surface area contributed by atoms with Crippen LogP contribution in [-0.4, -0.2) is 23.9 Å². The van der Waals surface area contributed by atoms with E-state index in [9.17, 15) is 5.11 Å². The van der Waals surface area contributed by atoms with E-state index in [-0.39, 0.29) is 6.10 Å². The molecule has 1 aromatic rings. The lowest BCUT2D eigenvalue weighted by atomic mass is 9.93. The molecule has 0 heterocycles. The van der Waals surface area contributed by atoms with Gasteiger partial charge in [-0.25, -0.2) is 0 Å². The molecule has 0 aromatic heterocycles. The molecule has 112 valence electrons. The molecule has 2 unspecified atom stereocenters. The average molecular weight is 277 g/mol. The Kier molecular flexibility index (Phi) is 6.34. The Morgan fingerprint density at radius 1 is 1.25 bits per heavy atom. The molecular weight excluding hydrogens is 250 g/mol. The van der Waals surface area contributed by atoms with Crippen LogP contribution >= 0.6 is 0 Å². The Labute approximate surface area is 122 Å². The molecule has 1 saturated carbocycles. The van der Waals surface area contributed by atoms with Crippen molar-refractivity contribution in [2.24, 2.45) is 0 Å². The molecule has 0 bridgehead atoms. The summed E-state index contributed by atoms with van der Waals surface area (Å²) in [5.41, 5.74) is 1.27. The molecule has 0 amide bonds. The minimum absolute atomic E-state index is 0.115. The van der Waals surface area contributed by atoms with Crippen molar-refractivity contribution in [3.05, 3.63) is 29.8 Å². The fraction of sp³-hybridized carbons (Fsp3) is 0.647. The number of hydrogen-bond donors (Lipinski definition) is 2. The van der Waals surface area contributed by atoms with Gasteiger partial charge < -0.3 is 15.2 Å². The second-order valence-electron chi connectivity index (χ2n) is 5.74. The van der Waals surface area contributed by atoms with Gasteiger partial charge in [-0.3, -0.25) is 0 Å². The Hall–Kier alpha value is -1.06. The van der Waals surface area contributed by atoms with Gasteiger partial charge in [0, 0.05) is 12.6 Å². The summed E-state index contributed by atoms with van der Waals surface area (Å²) >= 11 is 0. The van der Waals surface area contributed by atoms with Crippen molar-refractivity contribution in [3.8, 4) is 5.75 Å². The van der Waals surface area contributed by atoms with Crippen molar-refractivity contribution in [2.75, 3.05) is 6.61 Å². The topological polar surface area (TPSA) is 41.5 Å². The highest BCUT2D eigenvalue weighted by molar-refractivity contribution is 5.27. The smallest absolute Gasteiger partial charge is 0.119 e. The summed E-state index contributed by atoms with van der Waals surface area (Å²) in [6.07, 6.45) is 6.30. The quantitative estimate of drug-likeness (QED) is 0.752. The maximum Gasteiger partial charge on any atom is 0.119 e. The number of benzene rings is 1. The Morgan fingerprint density at radius 2 is 2.05 bits per heavy atom. The Morgan fingerprint density at radius 3 is 2.75 bits per heavy atom. The maximum atomic E-state index is 9.66. The number of ether oxygens (including phenoxy) is 1. The van der Waals surface area contributed by atoms with Crippen LogP contribution in [0.25, 0.3) is 0 Å². The van der Waals surface area contributed by atoms with Gasteiger partial charge >= 0.3 is 0 Å². The van der Waals surface area contributed by atoms with E-state index in [0.717, 1.165) is 51.0 Å². The van der Waals surface area contributed by atoms with Gasteiger partial charge in [-0.2, -0.15) is 0 Å². The first kappa shape index (κ1) is 15.3. The highest BCUT2D eigenvalue weighted by atomic mass is 16.5. The second kappa shape index (κ2) is 8.28. The second-order valence-corrected chi connectivity index (χ2v) is 5.74. The number of rotatable bonds is 7. The van der Waals surface area contributed by atoms with Gasteiger partial charge in [0.25, 0.3) is 0 Å². The SMILES string of the molecule is CCCCOc1ccc(CNC2CCCC(O)C2)cc1. The third kappa shape index (κ3) is 5.14. The maximum absolute atomic E-state index is 9.66. The van der Waals surface area contributed by atoms with E-state index in [1.165, 1.54) is 12.0 Å². The molecular formula is C17H27NO2. The molecule has 0 radical (unpaired) electrons. The molecule has 0 aliphatic heterocycles. The van der Waals surface area contributed by atoms with Crippen LogP contribution in [0.1, 0.15) is 51.0 Å². The van der Waals surface area contributed by atoms with Gasteiger partial charge in [0.05, 0.1) is 12.7 Å². The summed E-state index contributed by atoms with van der Waals surface area (Å²) in [7, 11) is 0. The molecule has 3 nitrogen and oxygen atoms in total. The molecule has 0 spiro atoms. The largest absolute Gasteiger partial charge is 0.494 e. The summed E-state index contributed by atoms with van der Waals surface area (Å²) in [5, 5.41) is 13.2. The van der Waals surface area contributed by atoms with Gasteiger partial charge in [-0.1, -0.05) is 25.5 Å². The minimum atomic E-state index is -0.115. The van der Waals surface area contributed by atoms with E-state index in [1.54, 1.807) is 0 Å². The highest BCUT2D eigenvalue weighted by Gasteiger charge is 2.19. The third-order valence-electron chi connectivity index (χ3n) is 3.93. The van der Waals surface area contributed by atoms with Crippen LogP contribution in [0.5, 0.6) is 5.75 Å². The van der Waals surface area contributed by atoms with Crippen LogP contribution in [0.3, 0.4) is 0 Å². The zero-order valence-electron chi connectivity index (χ0n) is 12.5. The minimum Gasteiger partial charge on any atom is -0.494 e. The van der Waals surface area contributed by atoms with E-state index in [2.05, 4.69) is 24.4 Å². The van der Waals surface area contributed by atoms with Crippen molar-refractivity contribution in [3.63, 3.8) is 0 Å². The first-order chi connectivity index (χ1) is 9.78. The van der Waals surface area contributed by atoms with Crippen molar-refractivity contribution >= 4 is 0 Å². The fourth-order valence-corrected chi connectivity index (χ4v) is 2.65. The number of aliphatic hydroxyl groups is 1. The van der Waals surface area contributed by atoms with Crippen LogP contribution in [0.4, 0.5) is 0 Å². The number of aliphatic hydroxyl groups excluding tert-OH is 1. The Balaban J connectivity index is 1.73. The van der Waals surface area contributed by atoms with Crippen molar-refractivity contribution in [1.82, 2.24) is 5.32 Å². The number of hydrogen-bond acceptors (Lipinski definition) is 3. The molecule has 3 heteroatoms. The monoisotopic (exact) mass is 277 g/mol. The lowest BCUT2D eigenvalue weighted by Crippen LogP contribution is -2.35. The van der Waals surface area contributed by atoms with Gasteiger partial charge in [0.15, 0.2) is 0 Å². The zero-order valence-corrected chi connectivity index (χ0v) is 12.5. The summed E-state index contributed by atoms with van der Waals surface area (Å²) in [6, 6.07) is 8.78. The van der Waals surface area contributed by atoms with Crippen LogP contribution in [0.15, 0.2) is 24.3 Å². The van der Waals surface area contributed by atoms with E-state index < -0.39 is 0 Å². The number of unbranched alkanes of at least 4 members (excludes halogenated alkanes) is 1. The lowest BCUT2D eigenvalue weighted by molar-refractivity contribution is 0.111. The molecule has 1 aliphatic rings. The molecule has 2 atom stereocenters. The number of nitrogens with one attached hydrogen (secondary N) is 1. The van der Waals surface area contributed by atoms with Crippen LogP contribution in [-0.2, 0) is 6.54 Å². The predicted molar refractivity (Wildman–Crippen MR) is 81.9 cm³/mol. The molecule has 20 heavy (non-hydrogen) atoms. The van der Waals surface area contributed by atoms with E-state index in [1.807, 2.05) is 12.1 Å². The van der Waals surface area contributed by atoms with Crippen molar-refractivity contribution in [2.45, 2.75) is 64.1 Å². The zero-order chi connectivity index (χ0) is 14.2. The van der Waals surface area contributed by atoms with Gasteiger partial charge in [0.2, 0.25) is 0 Å². The van der Waals surface area contributed by atoms with Crippen molar-refractivity contribution in [1.29, 1.82) is 0 Å². The fourth-order valence-electron chi connectivity index (χ4n) is 2.65. The van der Waals surface area contributed by atoms with Crippen LogP contribution in [0.2, 0.25) is 0 Å². The molecule has 0 saturated heterocycles. The van der Waals surface area contributed by atoms with Gasteiger partial charge in [-0.15, -0.1) is 0 Å². The average Bonchev–Trinajstić information content (AvgIpc) is 2.47.